The number of nitrogens with zero attached hydrogens (tertiary/aromatic N) is 4. The van der Waals surface area contributed by atoms with Gasteiger partial charge < -0.3 is 29.7 Å². The normalized spacial score (nSPS) is 14.8. The zero-order valence-corrected chi connectivity index (χ0v) is 26.1. The molecule has 1 saturated heterocycles. The minimum atomic E-state index is -3.64. The Kier molecular flexibility index (Phi) is 8.99. The van der Waals surface area contributed by atoms with Gasteiger partial charge >= 0.3 is 0 Å². The van der Waals surface area contributed by atoms with Crippen molar-refractivity contribution in [2.24, 2.45) is 0 Å². The summed E-state index contributed by atoms with van der Waals surface area (Å²) in [4.78, 5) is 13.4. The Balaban J connectivity index is 1.67. The first-order valence-corrected chi connectivity index (χ1v) is 17.4. The lowest BCUT2D eigenvalue weighted by Gasteiger charge is -2.34. The molecule has 2 heterocycles. The molecule has 2 N–H and O–H groups in total. The van der Waals surface area contributed by atoms with E-state index in [9.17, 15) is 13.0 Å². The molecule has 3 aromatic rings. The highest BCUT2D eigenvalue weighted by Gasteiger charge is 2.26. The molecule has 0 radical (unpaired) electrons. The molecule has 1 fully saturated rings. The summed E-state index contributed by atoms with van der Waals surface area (Å²) in [6, 6.07) is 10.6. The second kappa shape index (κ2) is 11.9. The molecule has 4 rings (SSSR count). The quantitative estimate of drug-likeness (QED) is 0.329. The molecule has 1 aliphatic heterocycles. The van der Waals surface area contributed by atoms with E-state index in [2.05, 4.69) is 37.4 Å². The van der Waals surface area contributed by atoms with Crippen molar-refractivity contribution in [2.45, 2.75) is 24.0 Å². The van der Waals surface area contributed by atoms with Crippen LogP contribution in [0.25, 0.3) is 0 Å². The van der Waals surface area contributed by atoms with Gasteiger partial charge in [-0.15, -0.1) is 0 Å². The second-order valence-corrected chi connectivity index (χ2v) is 16.5. The van der Waals surface area contributed by atoms with Crippen molar-refractivity contribution in [1.29, 1.82) is 0 Å². The van der Waals surface area contributed by atoms with Gasteiger partial charge in [0.15, 0.2) is 15.7 Å². The molecule has 0 amide bonds. The Hall–Kier alpha value is -2.85. The summed E-state index contributed by atoms with van der Waals surface area (Å²) in [5.41, 5.74) is 1.81. The predicted molar refractivity (Wildman–Crippen MR) is 164 cm³/mol. The van der Waals surface area contributed by atoms with Crippen LogP contribution in [0.1, 0.15) is 13.8 Å². The van der Waals surface area contributed by atoms with Crippen LogP contribution < -0.4 is 25.6 Å². The van der Waals surface area contributed by atoms with E-state index in [1.807, 2.05) is 6.07 Å². The van der Waals surface area contributed by atoms with Crippen LogP contribution in [-0.4, -0.2) is 82.2 Å². The maximum atomic E-state index is 13.4. The van der Waals surface area contributed by atoms with E-state index < -0.39 is 22.2 Å². The maximum Gasteiger partial charge on any atom is 0.229 e. The number of benzene rings is 2. The molecule has 2 aromatic carbocycles. The highest BCUT2D eigenvalue weighted by molar-refractivity contribution is 7.92. The number of aromatic nitrogens is 2. The van der Waals surface area contributed by atoms with E-state index in [-0.39, 0.29) is 21.7 Å². The molecule has 0 atom stereocenters. The summed E-state index contributed by atoms with van der Waals surface area (Å²) >= 11 is 6.44. The van der Waals surface area contributed by atoms with Gasteiger partial charge in [-0.25, -0.2) is 13.4 Å². The molecule has 0 bridgehead atoms. The Labute approximate surface area is 241 Å². The highest BCUT2D eigenvalue weighted by Crippen LogP contribution is 2.38. The topological polar surface area (TPSA) is 117 Å². The van der Waals surface area contributed by atoms with E-state index in [1.165, 1.54) is 13.3 Å². The number of rotatable bonds is 9. The molecule has 13 heteroatoms. The minimum absolute atomic E-state index is 0.184. The Morgan fingerprint density at radius 1 is 1.02 bits per heavy atom. The Bertz CT molecular complexity index is 1540. The number of hydrogen-bond acceptors (Lipinski definition) is 10. The van der Waals surface area contributed by atoms with E-state index >= 15 is 0 Å². The average molecular weight is 607 g/mol. The van der Waals surface area contributed by atoms with Gasteiger partial charge in [0, 0.05) is 37.2 Å². The molecular weight excluding hydrogens is 571 g/mol. The second-order valence-electron chi connectivity index (χ2n) is 10.4. The predicted octanol–water partition coefficient (Wildman–Crippen LogP) is 4.81. The van der Waals surface area contributed by atoms with Gasteiger partial charge in [-0.3, -0.25) is 0 Å². The molecule has 40 heavy (non-hydrogen) atoms. The third-order valence-electron chi connectivity index (χ3n) is 6.81. The van der Waals surface area contributed by atoms with Gasteiger partial charge in [-0.2, -0.15) is 4.98 Å². The van der Waals surface area contributed by atoms with Crippen molar-refractivity contribution in [1.82, 2.24) is 14.9 Å². The smallest absolute Gasteiger partial charge is 0.229 e. The number of likely N-dealkylation sites (N-methyl/N-ethyl adjacent to an activating group) is 1. The molecular formula is C27H36ClN6O4PS. The Morgan fingerprint density at radius 2 is 1.70 bits per heavy atom. The summed E-state index contributed by atoms with van der Waals surface area (Å²) in [5, 5.41) is 6.53. The van der Waals surface area contributed by atoms with Crippen molar-refractivity contribution in [3.05, 3.63) is 47.6 Å². The van der Waals surface area contributed by atoms with Crippen molar-refractivity contribution in [2.75, 3.05) is 69.2 Å². The number of piperazine rings is 1. The number of halogens is 1. The number of methoxy groups -OCH3 is 1. The molecule has 0 spiro atoms. The molecule has 216 valence electrons. The fourth-order valence-electron chi connectivity index (χ4n) is 4.25. The monoisotopic (exact) mass is 606 g/mol. The lowest BCUT2D eigenvalue weighted by molar-refractivity contribution is 0.313. The third kappa shape index (κ3) is 6.71. The molecule has 1 aliphatic rings. The summed E-state index contributed by atoms with van der Waals surface area (Å²) in [6.45, 7) is 10.2. The van der Waals surface area contributed by atoms with Crippen LogP contribution in [-0.2, 0) is 14.4 Å². The fraction of sp³-hybridized carbons (Fsp3) is 0.407. The van der Waals surface area contributed by atoms with E-state index in [0.29, 0.717) is 22.4 Å². The fourth-order valence-corrected chi connectivity index (χ4v) is 6.46. The summed E-state index contributed by atoms with van der Waals surface area (Å²) in [7, 11) is -2.51. The van der Waals surface area contributed by atoms with Crippen molar-refractivity contribution in [3.63, 3.8) is 0 Å². The summed E-state index contributed by atoms with van der Waals surface area (Å²) in [5.74, 6) is 0.949. The van der Waals surface area contributed by atoms with Gasteiger partial charge in [-0.05, 0) is 70.6 Å². The molecule has 1 aromatic heterocycles. The van der Waals surface area contributed by atoms with Gasteiger partial charge in [0.25, 0.3) is 0 Å². The van der Waals surface area contributed by atoms with Crippen LogP contribution in [0.3, 0.4) is 0 Å². The number of ether oxygens (including phenoxy) is 1. The number of nitrogens with one attached hydrogen (secondary N) is 2. The first-order chi connectivity index (χ1) is 18.8. The average Bonchev–Trinajstić information content (AvgIpc) is 2.90. The van der Waals surface area contributed by atoms with Crippen LogP contribution in [0.15, 0.2) is 47.5 Å². The van der Waals surface area contributed by atoms with Gasteiger partial charge in [-0.1, -0.05) is 11.6 Å². The first-order valence-electron chi connectivity index (χ1n) is 12.9. The highest BCUT2D eigenvalue weighted by atomic mass is 35.5. The zero-order chi connectivity index (χ0) is 29.2. The zero-order valence-electron chi connectivity index (χ0n) is 23.6. The minimum Gasteiger partial charge on any atom is -0.495 e. The SMILES string of the molecule is COc1cc(P(C)(C)=O)ccc1Nc1ncc(Cl)c(Nc2ccc(N3CCN(C)CC3)cc2S(=O)(=O)C(C)C)n1. The number of anilines is 5. The Morgan fingerprint density at radius 3 is 2.33 bits per heavy atom. The van der Waals surface area contributed by atoms with E-state index in [1.54, 1.807) is 57.5 Å². The first kappa shape index (κ1) is 30.1. The van der Waals surface area contributed by atoms with Crippen LogP contribution in [0.2, 0.25) is 5.02 Å². The van der Waals surface area contributed by atoms with Crippen molar-refractivity contribution in [3.8, 4) is 5.75 Å². The van der Waals surface area contributed by atoms with E-state index in [4.69, 9.17) is 16.3 Å². The van der Waals surface area contributed by atoms with Crippen LogP contribution in [0.5, 0.6) is 5.75 Å². The van der Waals surface area contributed by atoms with Crippen LogP contribution >= 0.6 is 18.7 Å². The van der Waals surface area contributed by atoms with Crippen molar-refractivity contribution < 1.29 is 17.7 Å². The summed E-state index contributed by atoms with van der Waals surface area (Å²) < 4.78 is 44.8. The standard InChI is InChI=1S/C27H36ClN6O4PS/c1-18(2)40(36,37)25-15-19(34-13-11-33(3)12-14-34)7-9-23(25)30-26-21(28)17-29-27(32-26)31-22-10-8-20(39(5,6)35)16-24(22)38-4/h7-10,15-18H,11-14H2,1-6H3,(H2,29,30,31,32). The van der Waals surface area contributed by atoms with E-state index in [0.717, 1.165) is 31.9 Å². The third-order valence-corrected chi connectivity index (χ3v) is 10.8. The molecule has 0 aliphatic carbocycles. The lowest BCUT2D eigenvalue weighted by Crippen LogP contribution is -2.44. The molecule has 0 saturated carbocycles. The van der Waals surface area contributed by atoms with Crippen LogP contribution in [0, 0.1) is 0 Å². The van der Waals surface area contributed by atoms with Crippen LogP contribution in [0.4, 0.5) is 28.8 Å². The number of hydrogen-bond donors (Lipinski definition) is 2. The number of sulfone groups is 1. The largest absolute Gasteiger partial charge is 0.495 e. The molecule has 0 unspecified atom stereocenters. The van der Waals surface area contributed by atoms with Gasteiger partial charge in [0.05, 0.1) is 34.8 Å². The molecule has 10 nitrogen and oxygen atoms in total. The maximum absolute atomic E-state index is 13.4. The lowest BCUT2D eigenvalue weighted by atomic mass is 10.2. The van der Waals surface area contributed by atoms with Gasteiger partial charge in [0.1, 0.15) is 17.9 Å². The van der Waals surface area contributed by atoms with Gasteiger partial charge in [0.2, 0.25) is 5.95 Å². The summed E-state index contributed by atoms with van der Waals surface area (Å²) in [6.07, 6.45) is 1.43. The van der Waals surface area contributed by atoms with Crippen molar-refractivity contribution >= 4 is 62.7 Å².